The van der Waals surface area contributed by atoms with Gasteiger partial charge in [-0.15, -0.1) is 11.3 Å². The van der Waals surface area contributed by atoms with Gasteiger partial charge in [0, 0.05) is 11.3 Å². The van der Waals surface area contributed by atoms with Gasteiger partial charge in [-0.05, 0) is 25.5 Å². The number of nitrogens with zero attached hydrogens (tertiary/aromatic N) is 1. The Morgan fingerprint density at radius 1 is 1.47 bits per heavy atom. The molecule has 1 aromatic carbocycles. The molecular formula is C13H15ClFN3S. The van der Waals surface area contributed by atoms with Crippen LogP contribution in [0.25, 0.3) is 0 Å². The van der Waals surface area contributed by atoms with Crippen LogP contribution < -0.4 is 11.3 Å². The molecule has 2 aromatic rings. The maximum atomic E-state index is 13.5. The summed E-state index contributed by atoms with van der Waals surface area (Å²) in [6.45, 7) is 3.99. The van der Waals surface area contributed by atoms with Gasteiger partial charge in [-0.1, -0.05) is 23.7 Å². The summed E-state index contributed by atoms with van der Waals surface area (Å²) in [6, 6.07) is 4.47. The molecule has 1 unspecified atom stereocenters. The van der Waals surface area contributed by atoms with Crippen molar-refractivity contribution in [2.75, 3.05) is 0 Å². The number of nitrogens with one attached hydrogen (secondary N) is 1. The first-order chi connectivity index (χ1) is 9.02. The second kappa shape index (κ2) is 5.96. The highest BCUT2D eigenvalue weighted by Crippen LogP contribution is 2.29. The molecule has 0 saturated heterocycles. The molecule has 19 heavy (non-hydrogen) atoms. The van der Waals surface area contributed by atoms with Crippen molar-refractivity contribution in [3.63, 3.8) is 0 Å². The zero-order valence-electron chi connectivity index (χ0n) is 10.7. The fourth-order valence-corrected chi connectivity index (χ4v) is 3.09. The third kappa shape index (κ3) is 3.12. The Kier molecular flexibility index (Phi) is 4.52. The van der Waals surface area contributed by atoms with Crippen molar-refractivity contribution in [3.05, 3.63) is 50.2 Å². The topological polar surface area (TPSA) is 50.9 Å². The summed E-state index contributed by atoms with van der Waals surface area (Å²) in [4.78, 5) is 5.64. The van der Waals surface area contributed by atoms with Gasteiger partial charge < -0.3 is 0 Å². The molecule has 1 heterocycles. The molecule has 0 aliphatic rings. The summed E-state index contributed by atoms with van der Waals surface area (Å²) < 4.78 is 13.5. The Hall–Kier alpha value is -1.01. The Balaban J connectivity index is 2.27. The van der Waals surface area contributed by atoms with E-state index in [1.165, 1.54) is 10.9 Å². The van der Waals surface area contributed by atoms with Crippen LogP contribution in [0.15, 0.2) is 18.2 Å². The second-order valence-corrected chi connectivity index (χ2v) is 5.98. The SMILES string of the molecule is Cc1nc(CC(NN)c2cccc(F)c2Cl)sc1C. The van der Waals surface area contributed by atoms with Gasteiger partial charge in [0.15, 0.2) is 0 Å². The summed E-state index contributed by atoms with van der Waals surface area (Å²) >= 11 is 7.60. The van der Waals surface area contributed by atoms with Gasteiger partial charge in [0.05, 0.1) is 21.8 Å². The Bertz CT molecular complexity index is 566. The van der Waals surface area contributed by atoms with Gasteiger partial charge in [-0.25, -0.2) is 9.37 Å². The molecule has 6 heteroatoms. The lowest BCUT2D eigenvalue weighted by atomic mass is 10.0. The maximum absolute atomic E-state index is 13.5. The predicted molar refractivity (Wildman–Crippen MR) is 76.8 cm³/mol. The molecule has 0 radical (unpaired) electrons. The van der Waals surface area contributed by atoms with E-state index < -0.39 is 5.82 Å². The average Bonchev–Trinajstić information content (AvgIpc) is 2.69. The minimum Gasteiger partial charge on any atom is -0.271 e. The lowest BCUT2D eigenvalue weighted by molar-refractivity contribution is 0.543. The summed E-state index contributed by atoms with van der Waals surface area (Å²) in [5.41, 5.74) is 4.34. The van der Waals surface area contributed by atoms with Crippen molar-refractivity contribution >= 4 is 22.9 Å². The molecule has 0 fully saturated rings. The molecule has 0 spiro atoms. The van der Waals surface area contributed by atoms with Crippen molar-refractivity contribution < 1.29 is 4.39 Å². The van der Waals surface area contributed by atoms with Crippen LogP contribution in [0.3, 0.4) is 0 Å². The zero-order valence-corrected chi connectivity index (χ0v) is 12.3. The van der Waals surface area contributed by atoms with Crippen molar-refractivity contribution in [2.45, 2.75) is 26.3 Å². The lowest BCUT2D eigenvalue weighted by Crippen LogP contribution is -2.30. The Labute approximate surface area is 120 Å². The van der Waals surface area contributed by atoms with Crippen LogP contribution in [0.4, 0.5) is 4.39 Å². The van der Waals surface area contributed by atoms with Crippen LogP contribution in [-0.4, -0.2) is 4.98 Å². The first-order valence-electron chi connectivity index (χ1n) is 5.86. The summed E-state index contributed by atoms with van der Waals surface area (Å²) in [5.74, 6) is 5.12. The molecule has 0 amide bonds. The number of thiazole rings is 1. The van der Waals surface area contributed by atoms with Crippen LogP contribution in [0, 0.1) is 19.7 Å². The van der Waals surface area contributed by atoms with E-state index in [4.69, 9.17) is 17.4 Å². The molecule has 102 valence electrons. The van der Waals surface area contributed by atoms with Crippen molar-refractivity contribution in [3.8, 4) is 0 Å². The third-order valence-corrected chi connectivity index (χ3v) is 4.50. The normalized spacial score (nSPS) is 12.7. The van der Waals surface area contributed by atoms with Gasteiger partial charge >= 0.3 is 0 Å². The van der Waals surface area contributed by atoms with E-state index >= 15 is 0 Å². The van der Waals surface area contributed by atoms with E-state index in [1.807, 2.05) is 13.8 Å². The molecule has 2 rings (SSSR count). The Morgan fingerprint density at radius 3 is 2.79 bits per heavy atom. The molecule has 0 bridgehead atoms. The van der Waals surface area contributed by atoms with Crippen LogP contribution in [0.1, 0.15) is 27.2 Å². The standard InChI is InChI=1S/C13H15ClFN3S/c1-7-8(2)19-12(17-7)6-11(18-16)9-4-3-5-10(15)13(9)14/h3-5,11,18H,6,16H2,1-2H3. The number of hydrazine groups is 1. The first-order valence-corrected chi connectivity index (χ1v) is 7.05. The number of hydrogen-bond acceptors (Lipinski definition) is 4. The van der Waals surface area contributed by atoms with Gasteiger partial charge in [-0.3, -0.25) is 11.3 Å². The van der Waals surface area contributed by atoms with Crippen LogP contribution in [0.2, 0.25) is 5.02 Å². The molecule has 1 atom stereocenters. The van der Waals surface area contributed by atoms with E-state index in [0.29, 0.717) is 12.0 Å². The van der Waals surface area contributed by atoms with Gasteiger partial charge in [0.2, 0.25) is 0 Å². The highest BCUT2D eigenvalue weighted by atomic mass is 35.5. The molecular weight excluding hydrogens is 285 g/mol. The van der Waals surface area contributed by atoms with Crippen molar-refractivity contribution in [1.29, 1.82) is 0 Å². The lowest BCUT2D eigenvalue weighted by Gasteiger charge is -2.16. The number of benzene rings is 1. The largest absolute Gasteiger partial charge is 0.271 e. The number of hydrogen-bond donors (Lipinski definition) is 2. The smallest absolute Gasteiger partial charge is 0.142 e. The number of aryl methyl sites for hydroxylation is 2. The van der Waals surface area contributed by atoms with E-state index in [9.17, 15) is 4.39 Å². The third-order valence-electron chi connectivity index (χ3n) is 3.01. The van der Waals surface area contributed by atoms with Crippen molar-refractivity contribution in [2.24, 2.45) is 5.84 Å². The van der Waals surface area contributed by atoms with Crippen LogP contribution >= 0.6 is 22.9 Å². The summed E-state index contributed by atoms with van der Waals surface area (Å²) in [6.07, 6.45) is 0.582. The monoisotopic (exact) mass is 299 g/mol. The maximum Gasteiger partial charge on any atom is 0.142 e. The fraction of sp³-hybridized carbons (Fsp3) is 0.308. The van der Waals surface area contributed by atoms with Gasteiger partial charge in [-0.2, -0.15) is 0 Å². The summed E-state index contributed by atoms with van der Waals surface area (Å²) in [7, 11) is 0. The Morgan fingerprint density at radius 2 is 2.21 bits per heavy atom. The van der Waals surface area contributed by atoms with Gasteiger partial charge in [0.25, 0.3) is 0 Å². The number of nitrogens with two attached hydrogens (primary N) is 1. The molecule has 0 aliphatic carbocycles. The molecule has 3 nitrogen and oxygen atoms in total. The second-order valence-electron chi connectivity index (χ2n) is 4.32. The van der Waals surface area contributed by atoms with Crippen molar-refractivity contribution in [1.82, 2.24) is 10.4 Å². The van der Waals surface area contributed by atoms with E-state index in [1.54, 1.807) is 23.5 Å². The minimum absolute atomic E-state index is 0.107. The highest BCUT2D eigenvalue weighted by molar-refractivity contribution is 7.11. The predicted octanol–water partition coefficient (Wildman–Crippen LogP) is 3.30. The van der Waals surface area contributed by atoms with E-state index in [-0.39, 0.29) is 11.1 Å². The van der Waals surface area contributed by atoms with E-state index in [2.05, 4.69) is 10.4 Å². The number of halogens is 2. The molecule has 0 aliphatic heterocycles. The van der Waals surface area contributed by atoms with Gasteiger partial charge in [0.1, 0.15) is 5.82 Å². The average molecular weight is 300 g/mol. The van der Waals surface area contributed by atoms with E-state index in [0.717, 1.165) is 10.7 Å². The number of aromatic nitrogens is 1. The van der Waals surface area contributed by atoms with Crippen LogP contribution in [0.5, 0.6) is 0 Å². The molecule has 0 saturated carbocycles. The quantitative estimate of drug-likeness (QED) is 0.673. The minimum atomic E-state index is -0.439. The summed E-state index contributed by atoms with van der Waals surface area (Å²) in [5, 5.41) is 1.06. The highest BCUT2D eigenvalue weighted by Gasteiger charge is 2.18. The fourth-order valence-electron chi connectivity index (χ4n) is 1.85. The van der Waals surface area contributed by atoms with Crippen LogP contribution in [-0.2, 0) is 6.42 Å². The number of rotatable bonds is 4. The zero-order chi connectivity index (χ0) is 14.0. The first kappa shape index (κ1) is 14.4. The molecule has 3 N–H and O–H groups in total. The molecule has 1 aromatic heterocycles.